The number of aromatic nitrogens is 2. The minimum atomic E-state index is 0.738. The molecule has 2 atom stereocenters. The highest BCUT2D eigenvalue weighted by Crippen LogP contribution is 2.35. The van der Waals surface area contributed by atoms with Crippen LogP contribution in [0.5, 0.6) is 0 Å². The quantitative estimate of drug-likeness (QED) is 0.807. The van der Waals surface area contributed by atoms with Crippen LogP contribution in [0, 0.1) is 5.92 Å². The Morgan fingerprint density at radius 1 is 1.24 bits per heavy atom. The second kappa shape index (κ2) is 4.99. The molecular weight excluding hydrogens is 234 g/mol. The van der Waals surface area contributed by atoms with E-state index in [-0.39, 0.29) is 0 Å². The summed E-state index contributed by atoms with van der Waals surface area (Å²) in [7, 11) is 0. The molecule has 1 saturated heterocycles. The van der Waals surface area contributed by atoms with E-state index in [0.717, 1.165) is 23.7 Å². The van der Waals surface area contributed by atoms with Gasteiger partial charge in [0.15, 0.2) is 0 Å². The lowest BCUT2D eigenvalue weighted by molar-refractivity contribution is 0.0329. The number of likely N-dealkylation sites (tertiary alicyclic amines) is 1. The third-order valence-electron chi connectivity index (χ3n) is 4.29. The van der Waals surface area contributed by atoms with E-state index in [0.29, 0.717) is 0 Å². The molecule has 1 aromatic heterocycles. The summed E-state index contributed by atoms with van der Waals surface area (Å²) in [5, 5.41) is 5.03. The molecule has 1 saturated carbocycles. The highest BCUT2D eigenvalue weighted by Gasteiger charge is 2.33. The molecule has 2 heterocycles. The van der Waals surface area contributed by atoms with Crippen LogP contribution in [-0.2, 0) is 6.67 Å². The van der Waals surface area contributed by atoms with E-state index in [4.69, 9.17) is 11.6 Å². The van der Waals surface area contributed by atoms with Crippen LogP contribution in [0.15, 0.2) is 12.4 Å². The van der Waals surface area contributed by atoms with Gasteiger partial charge in [-0.15, -0.1) is 0 Å². The first-order valence-electron chi connectivity index (χ1n) is 6.75. The number of piperidine rings is 1. The Hall–Kier alpha value is -0.540. The van der Waals surface area contributed by atoms with Crippen molar-refractivity contribution in [2.45, 2.75) is 51.2 Å². The summed E-state index contributed by atoms with van der Waals surface area (Å²) in [4.78, 5) is 2.61. The second-order valence-electron chi connectivity index (χ2n) is 5.41. The van der Waals surface area contributed by atoms with E-state index in [1.54, 1.807) is 6.20 Å². The fourth-order valence-electron chi connectivity index (χ4n) is 3.51. The number of hydrogen-bond acceptors (Lipinski definition) is 2. The second-order valence-corrected chi connectivity index (χ2v) is 5.84. The van der Waals surface area contributed by atoms with E-state index in [1.807, 2.05) is 10.9 Å². The molecule has 2 fully saturated rings. The molecule has 94 valence electrons. The topological polar surface area (TPSA) is 21.1 Å². The lowest BCUT2D eigenvalue weighted by atomic mass is 9.78. The summed E-state index contributed by atoms with van der Waals surface area (Å²) in [6.07, 6.45) is 12.1. The third kappa shape index (κ3) is 2.50. The highest BCUT2D eigenvalue weighted by molar-refractivity contribution is 6.30. The molecular formula is C13H20ClN3. The predicted molar refractivity (Wildman–Crippen MR) is 68.9 cm³/mol. The molecule has 0 radical (unpaired) electrons. The molecule has 0 aromatic carbocycles. The van der Waals surface area contributed by atoms with Crippen molar-refractivity contribution < 1.29 is 0 Å². The molecule has 0 N–H and O–H groups in total. The summed E-state index contributed by atoms with van der Waals surface area (Å²) in [6.45, 7) is 2.13. The smallest absolute Gasteiger partial charge is 0.0931 e. The van der Waals surface area contributed by atoms with Gasteiger partial charge in [-0.05, 0) is 31.6 Å². The van der Waals surface area contributed by atoms with Crippen LogP contribution in [0.3, 0.4) is 0 Å². The Kier molecular flexibility index (Phi) is 3.39. The molecule has 2 unspecified atom stereocenters. The van der Waals surface area contributed by atoms with Crippen LogP contribution in [0.1, 0.15) is 38.5 Å². The van der Waals surface area contributed by atoms with Gasteiger partial charge in [0.2, 0.25) is 0 Å². The first-order valence-corrected chi connectivity index (χ1v) is 7.13. The van der Waals surface area contributed by atoms with Gasteiger partial charge in [0.25, 0.3) is 0 Å². The zero-order valence-corrected chi connectivity index (χ0v) is 10.9. The van der Waals surface area contributed by atoms with Gasteiger partial charge in [-0.2, -0.15) is 5.10 Å². The Morgan fingerprint density at radius 2 is 2.06 bits per heavy atom. The minimum absolute atomic E-state index is 0.738. The van der Waals surface area contributed by atoms with Crippen molar-refractivity contribution in [3.63, 3.8) is 0 Å². The summed E-state index contributed by atoms with van der Waals surface area (Å²) in [5.74, 6) is 0.934. The normalized spacial score (nSPS) is 30.2. The first kappa shape index (κ1) is 11.5. The van der Waals surface area contributed by atoms with E-state index >= 15 is 0 Å². The summed E-state index contributed by atoms with van der Waals surface area (Å²) >= 11 is 5.91. The molecule has 3 rings (SSSR count). The number of fused-ring (bicyclic) bond motifs is 1. The van der Waals surface area contributed by atoms with E-state index in [2.05, 4.69) is 10.00 Å². The lowest BCUT2D eigenvalue weighted by Gasteiger charge is -2.43. The van der Waals surface area contributed by atoms with Gasteiger partial charge in [0, 0.05) is 18.8 Å². The number of halogens is 1. The minimum Gasteiger partial charge on any atom is -0.281 e. The predicted octanol–water partition coefficient (Wildman–Crippen LogP) is 3.15. The van der Waals surface area contributed by atoms with Crippen LogP contribution in [0.25, 0.3) is 0 Å². The van der Waals surface area contributed by atoms with Crippen molar-refractivity contribution in [2.24, 2.45) is 5.92 Å². The largest absolute Gasteiger partial charge is 0.281 e. The van der Waals surface area contributed by atoms with Crippen LogP contribution >= 0.6 is 11.6 Å². The molecule has 4 heteroatoms. The zero-order chi connectivity index (χ0) is 11.7. The number of rotatable bonds is 2. The fourth-order valence-corrected chi connectivity index (χ4v) is 3.66. The Bertz CT molecular complexity index is 374. The maximum Gasteiger partial charge on any atom is 0.0931 e. The van der Waals surface area contributed by atoms with Crippen LogP contribution in [0.2, 0.25) is 5.02 Å². The van der Waals surface area contributed by atoms with E-state index < -0.39 is 0 Å². The van der Waals surface area contributed by atoms with Crippen molar-refractivity contribution in [3.8, 4) is 0 Å². The fraction of sp³-hybridized carbons (Fsp3) is 0.769. The Labute approximate surface area is 108 Å². The number of nitrogens with zero attached hydrogens (tertiary/aromatic N) is 3. The van der Waals surface area contributed by atoms with Crippen LogP contribution in [0.4, 0.5) is 0 Å². The summed E-state index contributed by atoms with van der Waals surface area (Å²) in [5.41, 5.74) is 0. The van der Waals surface area contributed by atoms with Crippen LogP contribution in [-0.4, -0.2) is 27.3 Å². The van der Waals surface area contributed by atoms with Gasteiger partial charge >= 0.3 is 0 Å². The van der Waals surface area contributed by atoms with Gasteiger partial charge in [-0.25, -0.2) is 0 Å². The standard InChI is InChI=1S/C13H20ClN3/c14-12-8-15-17(9-12)10-16-7-3-5-11-4-1-2-6-13(11)16/h8-9,11,13H,1-7,10H2. The average molecular weight is 254 g/mol. The molecule has 0 amide bonds. The summed E-state index contributed by atoms with van der Waals surface area (Å²) < 4.78 is 1.97. The van der Waals surface area contributed by atoms with Gasteiger partial charge < -0.3 is 0 Å². The summed E-state index contributed by atoms with van der Waals surface area (Å²) in [6, 6.07) is 0.792. The van der Waals surface area contributed by atoms with Crippen molar-refractivity contribution in [1.82, 2.24) is 14.7 Å². The van der Waals surface area contributed by atoms with E-state index in [9.17, 15) is 0 Å². The van der Waals surface area contributed by atoms with Crippen molar-refractivity contribution in [1.29, 1.82) is 0 Å². The van der Waals surface area contributed by atoms with Gasteiger partial charge in [0.1, 0.15) is 0 Å². The SMILES string of the molecule is Clc1cnn(CN2CCCC3CCCCC32)c1. The third-order valence-corrected chi connectivity index (χ3v) is 4.48. The van der Waals surface area contributed by atoms with Gasteiger partial charge in [-0.3, -0.25) is 9.58 Å². The van der Waals surface area contributed by atoms with Crippen molar-refractivity contribution in [3.05, 3.63) is 17.4 Å². The molecule has 0 bridgehead atoms. The van der Waals surface area contributed by atoms with Crippen molar-refractivity contribution >= 4 is 11.6 Å². The maximum absolute atomic E-state index is 5.91. The van der Waals surface area contributed by atoms with Crippen LogP contribution < -0.4 is 0 Å². The van der Waals surface area contributed by atoms with Gasteiger partial charge in [0.05, 0.1) is 17.9 Å². The lowest BCUT2D eigenvalue weighted by Crippen LogP contribution is -2.47. The Balaban J connectivity index is 1.68. The molecule has 17 heavy (non-hydrogen) atoms. The molecule has 3 nitrogen and oxygen atoms in total. The van der Waals surface area contributed by atoms with E-state index in [1.165, 1.54) is 45.1 Å². The molecule has 2 aliphatic rings. The average Bonchev–Trinajstić information content (AvgIpc) is 2.75. The zero-order valence-electron chi connectivity index (χ0n) is 10.2. The molecule has 1 aromatic rings. The molecule has 1 aliphatic heterocycles. The van der Waals surface area contributed by atoms with Gasteiger partial charge in [-0.1, -0.05) is 24.4 Å². The molecule has 0 spiro atoms. The Morgan fingerprint density at radius 3 is 2.88 bits per heavy atom. The first-order chi connectivity index (χ1) is 8.33. The van der Waals surface area contributed by atoms with Crippen molar-refractivity contribution in [2.75, 3.05) is 6.54 Å². The molecule has 1 aliphatic carbocycles. The maximum atomic E-state index is 5.91. The monoisotopic (exact) mass is 253 g/mol. The number of hydrogen-bond donors (Lipinski definition) is 0. The highest BCUT2D eigenvalue weighted by atomic mass is 35.5.